The Morgan fingerprint density at radius 3 is 2.34 bits per heavy atom. The number of nitrogens with one attached hydrogen (secondary N) is 1. The van der Waals surface area contributed by atoms with Crippen molar-refractivity contribution < 1.29 is 40.3 Å². The van der Waals surface area contributed by atoms with Gasteiger partial charge in [-0.1, -0.05) is 18.2 Å². The molecule has 1 aliphatic heterocycles. The molecule has 38 heavy (non-hydrogen) atoms. The minimum absolute atomic E-state index is 0.0407. The number of benzene rings is 2. The predicted octanol–water partition coefficient (Wildman–Crippen LogP) is 3.52. The van der Waals surface area contributed by atoms with E-state index in [-0.39, 0.29) is 29.0 Å². The van der Waals surface area contributed by atoms with E-state index in [1.807, 2.05) is 0 Å². The fourth-order valence-corrected chi connectivity index (χ4v) is 7.72. The molecular formula is C26H25F5N2O4S. The number of amides is 1. The van der Waals surface area contributed by atoms with Crippen LogP contribution < -0.4 is 4.72 Å². The second-order valence-electron chi connectivity index (χ2n) is 11.0. The van der Waals surface area contributed by atoms with Crippen LogP contribution in [0.4, 0.5) is 22.0 Å². The van der Waals surface area contributed by atoms with E-state index < -0.39 is 81.1 Å². The number of fused-ring (bicyclic) bond motifs is 1. The summed E-state index contributed by atoms with van der Waals surface area (Å²) in [6.45, 7) is 0. The molecule has 2 aromatic carbocycles. The highest BCUT2D eigenvalue weighted by atomic mass is 32.2. The number of carbonyl (C=O) groups excluding carboxylic acids is 1. The topological polar surface area (TPSA) is 86.7 Å². The molecule has 0 unspecified atom stereocenters. The van der Waals surface area contributed by atoms with Crippen LogP contribution in [0.25, 0.3) is 11.1 Å². The number of hydrogen-bond acceptors (Lipinski definition) is 4. The van der Waals surface area contributed by atoms with Gasteiger partial charge in [0.2, 0.25) is 10.0 Å². The molecule has 204 valence electrons. The van der Waals surface area contributed by atoms with Gasteiger partial charge in [0.15, 0.2) is 5.60 Å². The molecule has 6 rings (SSSR count). The average Bonchev–Trinajstić information content (AvgIpc) is 3.70. The molecule has 0 aromatic heterocycles. The largest absolute Gasteiger partial charge is 0.380 e. The first-order valence-electron chi connectivity index (χ1n) is 12.5. The van der Waals surface area contributed by atoms with Crippen molar-refractivity contribution in [3.05, 3.63) is 59.4 Å². The molecule has 6 nitrogen and oxygen atoms in total. The van der Waals surface area contributed by atoms with Crippen LogP contribution in [0.5, 0.6) is 0 Å². The van der Waals surface area contributed by atoms with Crippen LogP contribution in [-0.2, 0) is 21.2 Å². The quantitative estimate of drug-likeness (QED) is 0.511. The van der Waals surface area contributed by atoms with Crippen LogP contribution in [0.3, 0.4) is 0 Å². The predicted molar refractivity (Wildman–Crippen MR) is 126 cm³/mol. The summed E-state index contributed by atoms with van der Waals surface area (Å²) in [6, 6.07) is 4.62. The van der Waals surface area contributed by atoms with Gasteiger partial charge >= 0.3 is 0 Å². The third-order valence-corrected chi connectivity index (χ3v) is 10.0. The maximum atomic E-state index is 15.7. The van der Waals surface area contributed by atoms with E-state index in [2.05, 4.69) is 4.72 Å². The lowest BCUT2D eigenvalue weighted by molar-refractivity contribution is -0.216. The fraction of sp³-hybridized carbons (Fsp3) is 0.500. The number of alkyl halides is 2. The van der Waals surface area contributed by atoms with Gasteiger partial charge in [0.25, 0.3) is 11.8 Å². The standard InChI is InChI=1S/C26H25F5N2O4S/c27-15-6-14(7-16(28)9-15)18-3-1-2-13(22(18)29)8-21-23(32-38(36,37)17-4-5-17)19-10-20(19)33(21)24(34)25(35)11-26(30,31)12-25/h1-3,6-7,9,17,19-21,23,32,35H,4-5,8,10-12H2/t19-,20+,21+,23+/m0/s1. The van der Waals surface area contributed by atoms with Crippen molar-refractivity contribution in [1.29, 1.82) is 0 Å². The van der Waals surface area contributed by atoms with E-state index in [0.29, 0.717) is 25.3 Å². The second-order valence-corrected chi connectivity index (χ2v) is 13.0. The van der Waals surface area contributed by atoms with Gasteiger partial charge in [-0.05, 0) is 54.9 Å². The molecule has 1 heterocycles. The summed E-state index contributed by atoms with van der Waals surface area (Å²) in [7, 11) is -3.72. The number of rotatable bonds is 7. The van der Waals surface area contributed by atoms with E-state index in [9.17, 15) is 35.9 Å². The highest BCUT2D eigenvalue weighted by Gasteiger charge is 2.67. The molecule has 1 amide bonds. The van der Waals surface area contributed by atoms with Gasteiger partial charge in [0.05, 0.1) is 11.3 Å². The van der Waals surface area contributed by atoms with Crippen molar-refractivity contribution in [2.24, 2.45) is 5.92 Å². The van der Waals surface area contributed by atoms with Crippen LogP contribution in [0.1, 0.15) is 37.7 Å². The van der Waals surface area contributed by atoms with Crippen molar-refractivity contribution in [3.8, 4) is 11.1 Å². The molecule has 1 saturated heterocycles. The maximum absolute atomic E-state index is 15.7. The van der Waals surface area contributed by atoms with Gasteiger partial charge in [0, 0.05) is 36.6 Å². The van der Waals surface area contributed by atoms with E-state index in [0.717, 1.165) is 12.1 Å². The SMILES string of the molecule is O=C(N1[C@@H]2C[C@@H]2[C@@H](NS(=O)(=O)C2CC2)[C@H]1Cc1cccc(-c2cc(F)cc(F)c2)c1F)C1(O)CC(F)(F)C1. The zero-order valence-corrected chi connectivity index (χ0v) is 20.8. The van der Waals surface area contributed by atoms with Gasteiger partial charge in [0.1, 0.15) is 17.5 Å². The fourth-order valence-electron chi connectivity index (χ4n) is 6.06. The molecule has 0 bridgehead atoms. The summed E-state index contributed by atoms with van der Waals surface area (Å²) in [6.07, 6.45) is -0.837. The third kappa shape index (κ3) is 4.40. The van der Waals surface area contributed by atoms with Gasteiger partial charge < -0.3 is 10.0 Å². The van der Waals surface area contributed by atoms with Gasteiger partial charge in [-0.25, -0.2) is 35.1 Å². The summed E-state index contributed by atoms with van der Waals surface area (Å²) in [5, 5.41) is 10.1. The number of hydrogen-bond donors (Lipinski definition) is 2. The Morgan fingerprint density at radius 1 is 1.08 bits per heavy atom. The van der Waals surface area contributed by atoms with Crippen LogP contribution in [0.15, 0.2) is 36.4 Å². The minimum atomic E-state index is -3.72. The zero-order valence-electron chi connectivity index (χ0n) is 20.0. The molecule has 2 aromatic rings. The van der Waals surface area contributed by atoms with E-state index in [1.54, 1.807) is 0 Å². The summed E-state index contributed by atoms with van der Waals surface area (Å²) in [5.41, 5.74) is -2.35. The van der Waals surface area contributed by atoms with Crippen LogP contribution >= 0.6 is 0 Å². The van der Waals surface area contributed by atoms with Gasteiger partial charge in [-0.2, -0.15) is 0 Å². The molecular weight excluding hydrogens is 531 g/mol. The first-order valence-corrected chi connectivity index (χ1v) is 14.0. The molecule has 0 radical (unpaired) electrons. The van der Waals surface area contributed by atoms with E-state index in [4.69, 9.17) is 0 Å². The highest BCUT2D eigenvalue weighted by molar-refractivity contribution is 7.90. The Labute approximate surface area is 215 Å². The van der Waals surface area contributed by atoms with Crippen molar-refractivity contribution in [2.75, 3.05) is 0 Å². The normalized spacial score (nSPS) is 29.1. The van der Waals surface area contributed by atoms with Crippen LogP contribution in [0, 0.1) is 23.4 Å². The Kier molecular flexibility index (Phi) is 5.72. The summed E-state index contributed by atoms with van der Waals surface area (Å²) >= 11 is 0. The Hall–Kier alpha value is -2.57. The second kappa shape index (κ2) is 8.46. The number of nitrogens with zero attached hydrogens (tertiary/aromatic N) is 1. The lowest BCUT2D eigenvalue weighted by Gasteiger charge is -2.45. The molecule has 3 aliphatic carbocycles. The van der Waals surface area contributed by atoms with Crippen molar-refractivity contribution >= 4 is 15.9 Å². The average molecular weight is 557 g/mol. The van der Waals surface area contributed by atoms with Gasteiger partial charge in [-0.15, -0.1) is 0 Å². The Morgan fingerprint density at radius 2 is 1.74 bits per heavy atom. The van der Waals surface area contributed by atoms with E-state index >= 15 is 4.39 Å². The smallest absolute Gasteiger partial charge is 0.255 e. The molecule has 12 heteroatoms. The molecule has 4 fully saturated rings. The number of piperidine rings is 1. The zero-order chi connectivity index (χ0) is 27.2. The number of aliphatic hydroxyl groups is 1. The van der Waals surface area contributed by atoms with E-state index in [1.165, 1.54) is 23.1 Å². The van der Waals surface area contributed by atoms with Gasteiger partial charge in [-0.3, -0.25) is 4.79 Å². The number of sulfonamides is 1. The van der Waals surface area contributed by atoms with Crippen LogP contribution in [0.2, 0.25) is 0 Å². The monoisotopic (exact) mass is 556 g/mol. The summed E-state index contributed by atoms with van der Waals surface area (Å²) in [5.74, 6) is -6.99. The molecule has 4 atom stereocenters. The lowest BCUT2D eigenvalue weighted by Crippen LogP contribution is -2.64. The number of halogens is 5. The third-order valence-electron chi connectivity index (χ3n) is 8.07. The Bertz CT molecular complexity index is 1400. The number of carbonyl (C=O) groups is 1. The molecule has 2 N–H and O–H groups in total. The van der Waals surface area contributed by atoms with Crippen molar-refractivity contribution in [1.82, 2.24) is 9.62 Å². The molecule has 0 spiro atoms. The van der Waals surface area contributed by atoms with Crippen LogP contribution in [-0.4, -0.2) is 59.2 Å². The molecule has 4 aliphatic rings. The number of likely N-dealkylation sites (tertiary alicyclic amines) is 1. The minimum Gasteiger partial charge on any atom is -0.380 e. The summed E-state index contributed by atoms with van der Waals surface area (Å²) in [4.78, 5) is 14.6. The highest BCUT2D eigenvalue weighted by Crippen LogP contribution is 2.54. The Balaban J connectivity index is 1.35. The first-order chi connectivity index (χ1) is 17.8. The van der Waals surface area contributed by atoms with Crippen molar-refractivity contribution in [2.45, 2.75) is 73.4 Å². The summed E-state index contributed by atoms with van der Waals surface area (Å²) < 4.78 is 98.8. The lowest BCUT2D eigenvalue weighted by atomic mass is 9.75. The van der Waals surface area contributed by atoms with Crippen molar-refractivity contribution in [3.63, 3.8) is 0 Å². The first kappa shape index (κ1) is 25.7. The maximum Gasteiger partial charge on any atom is 0.255 e. The molecule has 3 saturated carbocycles.